The van der Waals surface area contributed by atoms with Crippen molar-refractivity contribution in [1.82, 2.24) is 19.7 Å². The molecule has 23 heavy (non-hydrogen) atoms. The summed E-state index contributed by atoms with van der Waals surface area (Å²) in [4.78, 5) is 22.3. The number of primary amides is 1. The van der Waals surface area contributed by atoms with Crippen molar-refractivity contribution in [3.8, 4) is 0 Å². The molecule has 0 bridgehead atoms. The van der Waals surface area contributed by atoms with Crippen LogP contribution >= 0.6 is 0 Å². The number of nitrogens with zero attached hydrogens (tertiary/aromatic N) is 5. The molecule has 9 nitrogen and oxygen atoms in total. The number of hydrogen-bond acceptors (Lipinski definition) is 7. The van der Waals surface area contributed by atoms with E-state index in [1.807, 2.05) is 0 Å². The highest BCUT2D eigenvalue weighted by molar-refractivity contribution is 5.96. The summed E-state index contributed by atoms with van der Waals surface area (Å²) < 4.78 is 1.65. The number of carbonyl (C=O) groups is 1. The van der Waals surface area contributed by atoms with Crippen molar-refractivity contribution in [3.63, 3.8) is 0 Å². The van der Waals surface area contributed by atoms with Crippen LogP contribution in [-0.4, -0.2) is 44.8 Å². The second-order valence-corrected chi connectivity index (χ2v) is 5.67. The van der Waals surface area contributed by atoms with Gasteiger partial charge in [-0.1, -0.05) is 0 Å². The highest BCUT2D eigenvalue weighted by atomic mass is 16.1. The van der Waals surface area contributed by atoms with Crippen LogP contribution in [0.5, 0.6) is 0 Å². The molecule has 0 saturated carbocycles. The van der Waals surface area contributed by atoms with Gasteiger partial charge in [0, 0.05) is 32.4 Å². The Labute approximate surface area is 133 Å². The molecule has 1 atom stereocenters. The Balaban J connectivity index is 1.91. The molecule has 0 aromatic carbocycles. The zero-order valence-corrected chi connectivity index (χ0v) is 12.9. The first-order valence-electron chi connectivity index (χ1n) is 7.46. The number of anilines is 3. The topological polar surface area (TPSA) is 128 Å². The van der Waals surface area contributed by atoms with Crippen molar-refractivity contribution in [1.29, 1.82) is 0 Å². The van der Waals surface area contributed by atoms with Gasteiger partial charge in [0.2, 0.25) is 0 Å². The third-order valence-electron chi connectivity index (χ3n) is 3.74. The fourth-order valence-corrected chi connectivity index (χ4v) is 2.64. The SMILES string of the molecule is Cn1cc(Nc2nc(N3CCC[C@@H](N)C3)cnc2C(N)=O)cn1. The van der Waals surface area contributed by atoms with E-state index in [2.05, 4.69) is 25.3 Å². The minimum Gasteiger partial charge on any atom is -0.364 e. The molecule has 9 heteroatoms. The van der Waals surface area contributed by atoms with E-state index in [-0.39, 0.29) is 11.7 Å². The highest BCUT2D eigenvalue weighted by Crippen LogP contribution is 2.22. The van der Waals surface area contributed by atoms with E-state index < -0.39 is 5.91 Å². The Morgan fingerprint density at radius 3 is 2.91 bits per heavy atom. The Kier molecular flexibility index (Phi) is 4.11. The predicted octanol–water partition coefficient (Wildman–Crippen LogP) is -0.0199. The molecule has 0 aliphatic carbocycles. The summed E-state index contributed by atoms with van der Waals surface area (Å²) in [6.45, 7) is 1.58. The third-order valence-corrected chi connectivity index (χ3v) is 3.74. The van der Waals surface area contributed by atoms with Crippen LogP contribution in [0.4, 0.5) is 17.3 Å². The Morgan fingerprint density at radius 2 is 2.26 bits per heavy atom. The Morgan fingerprint density at radius 1 is 1.43 bits per heavy atom. The quantitative estimate of drug-likeness (QED) is 0.723. The zero-order chi connectivity index (χ0) is 16.4. The molecule has 0 radical (unpaired) electrons. The standard InChI is InChI=1S/C14H20N8O/c1-21-8-10(5-18-21)19-14-12(13(16)23)17-6-11(20-14)22-4-2-3-9(15)7-22/h5-6,8-9H,2-4,7,15H2,1H3,(H2,16,23)(H,19,20)/t9-/m1/s1. The summed E-state index contributed by atoms with van der Waals surface area (Å²) in [6, 6.07) is 0.121. The first kappa shape index (κ1) is 15.2. The lowest BCUT2D eigenvalue weighted by Crippen LogP contribution is -2.43. The number of amides is 1. The maximum Gasteiger partial charge on any atom is 0.271 e. The molecule has 1 aliphatic rings. The van der Waals surface area contributed by atoms with Crippen molar-refractivity contribution in [2.24, 2.45) is 18.5 Å². The van der Waals surface area contributed by atoms with E-state index in [0.29, 0.717) is 17.3 Å². The fourth-order valence-electron chi connectivity index (χ4n) is 2.64. The smallest absolute Gasteiger partial charge is 0.271 e. The van der Waals surface area contributed by atoms with Gasteiger partial charge in [-0.2, -0.15) is 5.10 Å². The number of aryl methyl sites for hydroxylation is 1. The molecule has 0 unspecified atom stereocenters. The molecule has 3 rings (SSSR count). The molecule has 2 aromatic rings. The van der Waals surface area contributed by atoms with Gasteiger partial charge in [-0.25, -0.2) is 9.97 Å². The van der Waals surface area contributed by atoms with Gasteiger partial charge in [0.25, 0.3) is 5.91 Å². The number of piperidine rings is 1. The monoisotopic (exact) mass is 316 g/mol. The van der Waals surface area contributed by atoms with Gasteiger partial charge in [-0.05, 0) is 12.8 Å². The van der Waals surface area contributed by atoms with Crippen molar-refractivity contribution >= 4 is 23.2 Å². The minimum atomic E-state index is -0.634. The number of rotatable bonds is 4. The van der Waals surface area contributed by atoms with Crippen molar-refractivity contribution in [2.75, 3.05) is 23.3 Å². The maximum atomic E-state index is 11.6. The van der Waals surface area contributed by atoms with Crippen molar-refractivity contribution < 1.29 is 4.79 Å². The average molecular weight is 316 g/mol. The Bertz CT molecular complexity index is 713. The summed E-state index contributed by atoms with van der Waals surface area (Å²) in [7, 11) is 1.80. The van der Waals surface area contributed by atoms with E-state index in [4.69, 9.17) is 11.5 Å². The molecule has 1 fully saturated rings. The van der Waals surface area contributed by atoms with Gasteiger partial charge < -0.3 is 21.7 Å². The van der Waals surface area contributed by atoms with Crippen LogP contribution in [0.25, 0.3) is 0 Å². The van der Waals surface area contributed by atoms with Gasteiger partial charge in [0.05, 0.1) is 18.1 Å². The molecule has 0 spiro atoms. The van der Waals surface area contributed by atoms with Gasteiger partial charge in [0.15, 0.2) is 11.5 Å². The molecule has 3 heterocycles. The first-order chi connectivity index (χ1) is 11.0. The summed E-state index contributed by atoms with van der Waals surface area (Å²) >= 11 is 0. The minimum absolute atomic E-state index is 0.0962. The normalized spacial score (nSPS) is 18.0. The lowest BCUT2D eigenvalue weighted by Gasteiger charge is -2.31. The van der Waals surface area contributed by atoms with Crippen LogP contribution in [0.3, 0.4) is 0 Å². The molecular formula is C14H20N8O. The second kappa shape index (κ2) is 6.21. The lowest BCUT2D eigenvalue weighted by molar-refractivity contribution is 0.0996. The molecule has 122 valence electrons. The lowest BCUT2D eigenvalue weighted by atomic mass is 10.1. The average Bonchev–Trinajstić information content (AvgIpc) is 2.92. The molecular weight excluding hydrogens is 296 g/mol. The van der Waals surface area contributed by atoms with Crippen molar-refractivity contribution in [2.45, 2.75) is 18.9 Å². The summed E-state index contributed by atoms with van der Waals surface area (Å²) in [5.41, 5.74) is 12.2. The zero-order valence-electron chi connectivity index (χ0n) is 12.9. The molecule has 5 N–H and O–H groups in total. The van der Waals surface area contributed by atoms with Crippen LogP contribution in [0, 0.1) is 0 Å². The molecule has 1 amide bonds. The molecule has 1 saturated heterocycles. The van der Waals surface area contributed by atoms with Crippen LogP contribution < -0.4 is 21.7 Å². The number of carbonyl (C=O) groups excluding carboxylic acids is 1. The summed E-state index contributed by atoms with van der Waals surface area (Å²) in [5, 5.41) is 7.12. The third kappa shape index (κ3) is 3.39. The van der Waals surface area contributed by atoms with Gasteiger partial charge in [-0.15, -0.1) is 0 Å². The van der Waals surface area contributed by atoms with E-state index >= 15 is 0 Å². The van der Waals surface area contributed by atoms with E-state index in [9.17, 15) is 4.79 Å². The van der Waals surface area contributed by atoms with Crippen LogP contribution in [0.1, 0.15) is 23.3 Å². The van der Waals surface area contributed by atoms with Gasteiger partial charge in [0.1, 0.15) is 5.82 Å². The first-order valence-corrected chi connectivity index (χ1v) is 7.46. The van der Waals surface area contributed by atoms with Crippen LogP contribution in [0.15, 0.2) is 18.6 Å². The maximum absolute atomic E-state index is 11.6. The number of hydrogen-bond donors (Lipinski definition) is 3. The number of nitrogens with two attached hydrogens (primary N) is 2. The van der Waals surface area contributed by atoms with Gasteiger partial charge in [-0.3, -0.25) is 9.48 Å². The second-order valence-electron chi connectivity index (χ2n) is 5.67. The van der Waals surface area contributed by atoms with E-state index in [1.165, 1.54) is 0 Å². The van der Waals surface area contributed by atoms with Gasteiger partial charge >= 0.3 is 0 Å². The van der Waals surface area contributed by atoms with E-state index in [1.54, 1.807) is 30.3 Å². The summed E-state index contributed by atoms with van der Waals surface area (Å²) in [5.74, 6) is 0.365. The fraction of sp³-hybridized carbons (Fsp3) is 0.429. The Hall–Kier alpha value is -2.68. The number of aromatic nitrogens is 4. The van der Waals surface area contributed by atoms with Crippen molar-refractivity contribution in [3.05, 3.63) is 24.3 Å². The van der Waals surface area contributed by atoms with E-state index in [0.717, 1.165) is 25.9 Å². The van der Waals surface area contributed by atoms with Crippen LogP contribution in [-0.2, 0) is 7.05 Å². The predicted molar refractivity (Wildman–Crippen MR) is 86.5 cm³/mol. The molecule has 1 aliphatic heterocycles. The highest BCUT2D eigenvalue weighted by Gasteiger charge is 2.21. The molecule has 2 aromatic heterocycles. The largest absolute Gasteiger partial charge is 0.364 e. The van der Waals surface area contributed by atoms with Crippen LogP contribution in [0.2, 0.25) is 0 Å². The summed E-state index contributed by atoms with van der Waals surface area (Å²) in [6.07, 6.45) is 6.98. The number of nitrogens with one attached hydrogen (secondary N) is 1.